The maximum absolute atomic E-state index is 11.8. The van der Waals surface area contributed by atoms with Crippen LogP contribution in [0.25, 0.3) is 0 Å². The van der Waals surface area contributed by atoms with Crippen molar-refractivity contribution in [3.05, 3.63) is 0 Å². The fraction of sp³-hybridized carbons (Fsp3) is 1.00. The van der Waals surface area contributed by atoms with Crippen molar-refractivity contribution in [3.8, 4) is 0 Å². The van der Waals surface area contributed by atoms with Gasteiger partial charge in [0.25, 0.3) is 10.2 Å². The summed E-state index contributed by atoms with van der Waals surface area (Å²) in [5.74, 6) is 0.451. The molecule has 1 aliphatic rings. The van der Waals surface area contributed by atoms with Gasteiger partial charge in [0.15, 0.2) is 0 Å². The topological polar surface area (TPSA) is 75.4 Å². The lowest BCUT2D eigenvalue weighted by Crippen LogP contribution is -2.49. The third kappa shape index (κ3) is 4.97. The minimum Gasteiger partial charge on any atom is -0.324 e. The fourth-order valence-corrected chi connectivity index (χ4v) is 3.01. The molecule has 1 atom stereocenters. The lowest BCUT2D eigenvalue weighted by Gasteiger charge is -2.22. The van der Waals surface area contributed by atoms with Crippen LogP contribution >= 0.6 is 12.4 Å². The van der Waals surface area contributed by atoms with E-state index in [4.69, 9.17) is 5.73 Å². The third-order valence-electron chi connectivity index (χ3n) is 2.44. The average Bonchev–Trinajstić information content (AvgIpc) is 2.48. The van der Waals surface area contributed by atoms with Crippen molar-refractivity contribution in [2.45, 2.75) is 32.7 Å². The number of hydrogen-bond acceptors (Lipinski definition) is 3. The number of nitrogens with two attached hydrogens (primary N) is 1. The Labute approximate surface area is 104 Å². The van der Waals surface area contributed by atoms with Gasteiger partial charge >= 0.3 is 0 Å². The molecule has 5 nitrogen and oxygen atoms in total. The zero-order valence-corrected chi connectivity index (χ0v) is 11.7. The van der Waals surface area contributed by atoms with E-state index in [1.54, 1.807) is 13.8 Å². The maximum Gasteiger partial charge on any atom is 0.279 e. The smallest absolute Gasteiger partial charge is 0.279 e. The Hall–Kier alpha value is 0.120. The summed E-state index contributed by atoms with van der Waals surface area (Å²) >= 11 is 0. The van der Waals surface area contributed by atoms with Crippen molar-refractivity contribution in [2.24, 2.45) is 11.7 Å². The molecule has 0 aromatic carbocycles. The molecule has 0 amide bonds. The van der Waals surface area contributed by atoms with Crippen molar-refractivity contribution in [1.82, 2.24) is 9.03 Å². The molecule has 1 heterocycles. The first-order valence-corrected chi connectivity index (χ1v) is 6.68. The Kier molecular flexibility index (Phi) is 5.68. The number of halogens is 1. The molecule has 3 N–H and O–H groups in total. The minimum atomic E-state index is -3.32. The lowest BCUT2D eigenvalue weighted by atomic mass is 10.1. The predicted molar refractivity (Wildman–Crippen MR) is 67.8 cm³/mol. The normalized spacial score (nSPS) is 23.1. The Morgan fingerprint density at radius 2 is 2.06 bits per heavy atom. The molecule has 0 radical (unpaired) electrons. The minimum absolute atomic E-state index is 0. The predicted octanol–water partition coefficient (Wildman–Crippen LogP) is 0.322. The van der Waals surface area contributed by atoms with Crippen molar-refractivity contribution >= 4 is 22.6 Å². The van der Waals surface area contributed by atoms with Crippen molar-refractivity contribution in [1.29, 1.82) is 0 Å². The standard InChI is InChI=1S/C9H21N3O2S.ClH/c1-8-4-5-12(6-8)15(13,14)11-7-9(2,3)10;/h8,11H,4-7,10H2,1-3H3;1H. The molecule has 0 spiro atoms. The van der Waals surface area contributed by atoms with Gasteiger partial charge in [-0.1, -0.05) is 6.92 Å². The number of rotatable bonds is 4. The van der Waals surface area contributed by atoms with Crippen LogP contribution in [0.3, 0.4) is 0 Å². The van der Waals surface area contributed by atoms with Crippen LogP contribution in [0.1, 0.15) is 27.2 Å². The average molecular weight is 272 g/mol. The highest BCUT2D eigenvalue weighted by Gasteiger charge is 2.29. The molecule has 7 heteroatoms. The molecule has 1 saturated heterocycles. The van der Waals surface area contributed by atoms with E-state index < -0.39 is 15.7 Å². The van der Waals surface area contributed by atoms with Gasteiger partial charge in [-0.3, -0.25) is 0 Å². The van der Waals surface area contributed by atoms with Crippen LogP contribution in [0.15, 0.2) is 0 Å². The largest absolute Gasteiger partial charge is 0.324 e. The van der Waals surface area contributed by atoms with E-state index >= 15 is 0 Å². The summed E-state index contributed by atoms with van der Waals surface area (Å²) in [5, 5.41) is 0. The highest BCUT2D eigenvalue weighted by Crippen LogP contribution is 2.17. The molecular weight excluding hydrogens is 250 g/mol. The molecule has 16 heavy (non-hydrogen) atoms. The number of nitrogens with zero attached hydrogens (tertiary/aromatic N) is 1. The Morgan fingerprint density at radius 3 is 2.44 bits per heavy atom. The van der Waals surface area contributed by atoms with Crippen LogP contribution in [-0.4, -0.2) is 37.9 Å². The lowest BCUT2D eigenvalue weighted by molar-refractivity contribution is 0.436. The van der Waals surface area contributed by atoms with Gasteiger partial charge in [0.1, 0.15) is 0 Å². The SMILES string of the molecule is CC1CCN(S(=O)(=O)NCC(C)(C)N)C1.Cl. The van der Waals surface area contributed by atoms with Gasteiger partial charge in [-0.15, -0.1) is 12.4 Å². The van der Waals surface area contributed by atoms with E-state index in [-0.39, 0.29) is 19.0 Å². The Balaban J connectivity index is 0.00000225. The number of hydrogen-bond donors (Lipinski definition) is 2. The summed E-state index contributed by atoms with van der Waals surface area (Å²) in [5.41, 5.74) is 5.21. The Bertz CT molecular complexity index is 313. The summed E-state index contributed by atoms with van der Waals surface area (Å²) < 4.78 is 27.6. The molecule has 1 fully saturated rings. The van der Waals surface area contributed by atoms with Gasteiger partial charge in [-0.2, -0.15) is 12.7 Å². The first kappa shape index (κ1) is 16.1. The molecule has 0 aliphatic carbocycles. The summed E-state index contributed by atoms with van der Waals surface area (Å²) in [6, 6.07) is 0. The van der Waals surface area contributed by atoms with Crippen molar-refractivity contribution in [2.75, 3.05) is 19.6 Å². The fourth-order valence-electron chi connectivity index (χ4n) is 1.48. The van der Waals surface area contributed by atoms with Gasteiger partial charge in [0.2, 0.25) is 0 Å². The van der Waals surface area contributed by atoms with Gasteiger partial charge in [0, 0.05) is 25.2 Å². The second-order valence-electron chi connectivity index (χ2n) is 5.07. The molecule has 1 aliphatic heterocycles. The van der Waals surface area contributed by atoms with E-state index in [9.17, 15) is 8.42 Å². The first-order chi connectivity index (χ1) is 6.71. The van der Waals surface area contributed by atoms with E-state index in [2.05, 4.69) is 11.6 Å². The molecule has 0 aromatic heterocycles. The van der Waals surface area contributed by atoms with E-state index in [0.717, 1.165) is 6.42 Å². The molecule has 0 bridgehead atoms. The highest BCUT2D eigenvalue weighted by atomic mass is 35.5. The van der Waals surface area contributed by atoms with E-state index in [1.165, 1.54) is 4.31 Å². The number of nitrogens with one attached hydrogen (secondary N) is 1. The molecule has 1 rings (SSSR count). The second kappa shape index (κ2) is 5.64. The first-order valence-electron chi connectivity index (χ1n) is 5.24. The zero-order valence-electron chi connectivity index (χ0n) is 10.1. The summed E-state index contributed by atoms with van der Waals surface area (Å²) in [4.78, 5) is 0. The van der Waals surface area contributed by atoms with Crippen LogP contribution < -0.4 is 10.5 Å². The van der Waals surface area contributed by atoms with Gasteiger partial charge in [0.05, 0.1) is 0 Å². The van der Waals surface area contributed by atoms with Crippen LogP contribution in [0, 0.1) is 5.92 Å². The second-order valence-corrected chi connectivity index (χ2v) is 6.82. The van der Waals surface area contributed by atoms with E-state index in [0.29, 0.717) is 19.0 Å². The molecule has 0 aromatic rings. The molecular formula is C9H22ClN3O2S. The molecule has 0 saturated carbocycles. The summed E-state index contributed by atoms with van der Waals surface area (Å²) in [6.07, 6.45) is 0.937. The van der Waals surface area contributed by atoms with Crippen LogP contribution in [0.4, 0.5) is 0 Å². The third-order valence-corrected chi connectivity index (χ3v) is 3.96. The zero-order chi connectivity index (χ0) is 11.7. The van der Waals surface area contributed by atoms with Crippen LogP contribution in [0.2, 0.25) is 0 Å². The van der Waals surface area contributed by atoms with Crippen molar-refractivity contribution < 1.29 is 8.42 Å². The van der Waals surface area contributed by atoms with Gasteiger partial charge in [-0.05, 0) is 26.2 Å². The summed E-state index contributed by atoms with van der Waals surface area (Å²) in [6.45, 7) is 7.13. The van der Waals surface area contributed by atoms with Crippen molar-refractivity contribution in [3.63, 3.8) is 0 Å². The van der Waals surface area contributed by atoms with Crippen LogP contribution in [0.5, 0.6) is 0 Å². The Morgan fingerprint density at radius 1 is 1.50 bits per heavy atom. The van der Waals surface area contributed by atoms with Gasteiger partial charge < -0.3 is 5.73 Å². The molecule has 98 valence electrons. The summed E-state index contributed by atoms with van der Waals surface area (Å²) in [7, 11) is -3.32. The van der Waals surface area contributed by atoms with Crippen LogP contribution in [-0.2, 0) is 10.2 Å². The van der Waals surface area contributed by atoms with E-state index in [1.807, 2.05) is 0 Å². The quantitative estimate of drug-likeness (QED) is 0.773. The highest BCUT2D eigenvalue weighted by molar-refractivity contribution is 7.87. The van der Waals surface area contributed by atoms with Gasteiger partial charge in [-0.25, -0.2) is 4.72 Å². The molecule has 1 unspecified atom stereocenters. The monoisotopic (exact) mass is 271 g/mol. The maximum atomic E-state index is 11.8.